The van der Waals surface area contributed by atoms with Crippen molar-refractivity contribution in [1.82, 2.24) is 16.0 Å². The van der Waals surface area contributed by atoms with Crippen LogP contribution in [0.15, 0.2) is 0 Å². The van der Waals surface area contributed by atoms with Gasteiger partial charge in [-0.05, 0) is 25.2 Å². The van der Waals surface area contributed by atoms with Gasteiger partial charge in [0.05, 0.1) is 39.6 Å². The predicted octanol–water partition coefficient (Wildman–Crippen LogP) is -1.63. The second kappa shape index (κ2) is 12.6. The summed E-state index contributed by atoms with van der Waals surface area (Å²) in [6.07, 6.45) is -0.800. The van der Waals surface area contributed by atoms with E-state index in [9.17, 15) is 29.4 Å². The summed E-state index contributed by atoms with van der Waals surface area (Å²) >= 11 is 0. The molecule has 31 heavy (non-hydrogen) atoms. The minimum atomic E-state index is -1.39. The Kier molecular flexibility index (Phi) is 11.7. The lowest BCUT2D eigenvalue weighted by molar-refractivity contribution is -0.873. The fourth-order valence-corrected chi connectivity index (χ4v) is 3.04. The van der Waals surface area contributed by atoms with E-state index in [1.807, 2.05) is 35.0 Å². The lowest BCUT2D eigenvalue weighted by Crippen LogP contribution is -2.58. The minimum absolute atomic E-state index is 0.0259. The molecule has 0 radical (unpaired) electrons. The number of hydrogen-bond acceptors (Lipinski definition) is 6. The van der Waals surface area contributed by atoms with Gasteiger partial charge in [0.25, 0.3) is 0 Å². The second-order valence-electron chi connectivity index (χ2n) is 9.86. The van der Waals surface area contributed by atoms with E-state index >= 15 is 0 Å². The van der Waals surface area contributed by atoms with E-state index in [0.717, 1.165) is 0 Å². The molecular weight excluding hydrogens is 404 g/mol. The number of carboxylic acids is 1. The number of amides is 3. The van der Waals surface area contributed by atoms with E-state index in [1.165, 1.54) is 6.92 Å². The Morgan fingerprint density at radius 2 is 1.45 bits per heavy atom. The molecule has 0 heterocycles. The van der Waals surface area contributed by atoms with Crippen LogP contribution in [0.1, 0.15) is 47.5 Å². The van der Waals surface area contributed by atoms with E-state index < -0.39 is 47.9 Å². The standard InChI is InChI=1S/C21H40N4O6/c1-12(2)9-16(21(30)31)23-20(29)18(13(3)4)24-19(28)14(5)22-17(27)10-15(26)11-25(6,7)8/h12-16,18,26H,9-11H2,1-8H3,(H3-,22,23,24,27,28,29,30,31)/t14-,15?,16-,18-/m0/s1. The number of hydrogen-bond donors (Lipinski definition) is 4. The van der Waals surface area contributed by atoms with Crippen molar-refractivity contribution in [3.05, 3.63) is 0 Å². The first-order valence-electron chi connectivity index (χ1n) is 10.6. The Morgan fingerprint density at radius 1 is 0.903 bits per heavy atom. The van der Waals surface area contributed by atoms with Crippen LogP contribution < -0.4 is 21.1 Å². The van der Waals surface area contributed by atoms with Crippen LogP contribution in [0.5, 0.6) is 0 Å². The third-order valence-corrected chi connectivity index (χ3v) is 4.51. The predicted molar refractivity (Wildman–Crippen MR) is 114 cm³/mol. The average molecular weight is 445 g/mol. The van der Waals surface area contributed by atoms with Gasteiger partial charge in [-0.25, -0.2) is 0 Å². The molecule has 180 valence electrons. The normalized spacial score (nSPS) is 15.7. The fraction of sp³-hybridized carbons (Fsp3) is 0.810. The van der Waals surface area contributed by atoms with Crippen molar-refractivity contribution >= 4 is 23.7 Å². The molecule has 10 heteroatoms. The monoisotopic (exact) mass is 444 g/mol. The SMILES string of the molecule is CC(C)C[C@H](NC(=O)[C@@H](NC(=O)[C@H](C)NC(=O)CC(O)C[N+](C)(C)C)C(C)C)C(=O)[O-]. The van der Waals surface area contributed by atoms with E-state index in [4.69, 9.17) is 0 Å². The molecule has 0 rings (SSSR count). The van der Waals surface area contributed by atoms with E-state index in [1.54, 1.807) is 13.8 Å². The highest BCUT2D eigenvalue weighted by Crippen LogP contribution is 2.08. The smallest absolute Gasteiger partial charge is 0.243 e. The van der Waals surface area contributed by atoms with Gasteiger partial charge in [0.1, 0.15) is 24.7 Å². The molecule has 4 atom stereocenters. The summed E-state index contributed by atoms with van der Waals surface area (Å²) in [5.41, 5.74) is 0. The molecule has 0 aromatic heterocycles. The average Bonchev–Trinajstić information content (AvgIpc) is 2.55. The Bertz CT molecular complexity index is 630. The van der Waals surface area contributed by atoms with Gasteiger partial charge in [0.2, 0.25) is 17.7 Å². The van der Waals surface area contributed by atoms with Crippen molar-refractivity contribution < 1.29 is 33.9 Å². The number of rotatable bonds is 13. The molecule has 0 aliphatic heterocycles. The Balaban J connectivity index is 4.94. The summed E-state index contributed by atoms with van der Waals surface area (Å²) in [4.78, 5) is 48.5. The molecule has 0 spiro atoms. The summed E-state index contributed by atoms with van der Waals surface area (Å²) in [5, 5.41) is 28.8. The van der Waals surface area contributed by atoms with E-state index in [0.29, 0.717) is 11.0 Å². The number of likely N-dealkylation sites (N-methyl/N-ethyl adjacent to an activating group) is 1. The van der Waals surface area contributed by atoms with Gasteiger partial charge in [-0.2, -0.15) is 0 Å². The quantitative estimate of drug-likeness (QED) is 0.251. The maximum Gasteiger partial charge on any atom is 0.243 e. The number of nitrogens with one attached hydrogen (secondary N) is 3. The molecule has 3 amide bonds. The van der Waals surface area contributed by atoms with Crippen molar-refractivity contribution in [3.8, 4) is 0 Å². The second-order valence-corrected chi connectivity index (χ2v) is 9.86. The van der Waals surface area contributed by atoms with Crippen molar-refractivity contribution in [2.75, 3.05) is 27.7 Å². The molecular formula is C21H40N4O6. The van der Waals surface area contributed by atoms with Gasteiger partial charge in [0.15, 0.2) is 0 Å². The van der Waals surface area contributed by atoms with Crippen molar-refractivity contribution in [2.24, 2.45) is 11.8 Å². The van der Waals surface area contributed by atoms with Gasteiger partial charge < -0.3 is 35.4 Å². The van der Waals surface area contributed by atoms with E-state index in [2.05, 4.69) is 16.0 Å². The molecule has 0 aromatic carbocycles. The highest BCUT2D eigenvalue weighted by Gasteiger charge is 2.29. The van der Waals surface area contributed by atoms with Crippen LogP contribution in [0.25, 0.3) is 0 Å². The number of quaternary nitrogens is 1. The number of aliphatic hydroxyl groups is 1. The molecule has 4 N–H and O–H groups in total. The number of carbonyl (C=O) groups is 4. The molecule has 0 aliphatic carbocycles. The van der Waals surface area contributed by atoms with Gasteiger partial charge in [-0.3, -0.25) is 14.4 Å². The van der Waals surface area contributed by atoms with Gasteiger partial charge in [-0.1, -0.05) is 27.7 Å². The Labute approximate surface area is 185 Å². The molecule has 0 aromatic rings. The summed E-state index contributed by atoms with van der Waals surface area (Å²) < 4.78 is 0.485. The highest BCUT2D eigenvalue weighted by molar-refractivity contribution is 5.93. The first-order chi connectivity index (χ1) is 14.0. The van der Waals surface area contributed by atoms with Gasteiger partial charge >= 0.3 is 0 Å². The van der Waals surface area contributed by atoms with Gasteiger partial charge in [0, 0.05) is 0 Å². The number of aliphatic carboxylic acids is 1. The molecule has 0 saturated carbocycles. The van der Waals surface area contributed by atoms with Crippen LogP contribution in [-0.2, 0) is 19.2 Å². The topological polar surface area (TPSA) is 148 Å². The van der Waals surface area contributed by atoms with Crippen LogP contribution in [0.4, 0.5) is 0 Å². The number of nitrogens with zero attached hydrogens (tertiary/aromatic N) is 1. The maximum atomic E-state index is 12.6. The lowest BCUT2D eigenvalue weighted by Gasteiger charge is -2.28. The zero-order chi connectivity index (χ0) is 24.5. The number of aliphatic hydroxyl groups excluding tert-OH is 1. The molecule has 0 bridgehead atoms. The van der Waals surface area contributed by atoms with E-state index in [-0.39, 0.29) is 24.7 Å². The maximum absolute atomic E-state index is 12.6. The fourth-order valence-electron chi connectivity index (χ4n) is 3.04. The lowest BCUT2D eigenvalue weighted by atomic mass is 10.00. The van der Waals surface area contributed by atoms with Crippen LogP contribution >= 0.6 is 0 Å². The molecule has 0 fully saturated rings. The minimum Gasteiger partial charge on any atom is -0.548 e. The zero-order valence-electron chi connectivity index (χ0n) is 20.0. The van der Waals surface area contributed by atoms with Crippen molar-refractivity contribution in [2.45, 2.75) is 71.7 Å². The van der Waals surface area contributed by atoms with Gasteiger partial charge in [-0.15, -0.1) is 0 Å². The Hall–Kier alpha value is -2.20. The largest absolute Gasteiger partial charge is 0.548 e. The van der Waals surface area contributed by atoms with Crippen molar-refractivity contribution in [1.29, 1.82) is 0 Å². The van der Waals surface area contributed by atoms with Crippen LogP contribution in [0.3, 0.4) is 0 Å². The molecule has 0 saturated heterocycles. The summed E-state index contributed by atoms with van der Waals surface area (Å²) in [5.74, 6) is -3.38. The first-order valence-corrected chi connectivity index (χ1v) is 10.6. The van der Waals surface area contributed by atoms with Crippen molar-refractivity contribution in [3.63, 3.8) is 0 Å². The first kappa shape index (κ1) is 28.8. The summed E-state index contributed by atoms with van der Waals surface area (Å²) in [6.45, 7) is 8.92. The van der Waals surface area contributed by atoms with Crippen LogP contribution in [-0.4, -0.2) is 85.2 Å². The number of carbonyl (C=O) groups excluding carboxylic acids is 4. The zero-order valence-corrected chi connectivity index (χ0v) is 20.0. The third kappa shape index (κ3) is 12.3. The summed E-state index contributed by atoms with van der Waals surface area (Å²) in [6, 6.07) is -3.08. The summed E-state index contributed by atoms with van der Waals surface area (Å²) in [7, 11) is 5.67. The molecule has 0 aliphatic rings. The van der Waals surface area contributed by atoms with Crippen LogP contribution in [0.2, 0.25) is 0 Å². The Morgan fingerprint density at radius 3 is 1.87 bits per heavy atom. The third-order valence-electron chi connectivity index (χ3n) is 4.51. The highest BCUT2D eigenvalue weighted by atomic mass is 16.4. The van der Waals surface area contributed by atoms with Crippen LogP contribution in [0, 0.1) is 11.8 Å². The number of carboxylic acid groups (broad SMARTS) is 1. The molecule has 1 unspecified atom stereocenters. The molecule has 10 nitrogen and oxygen atoms in total.